The molecule has 0 aromatic heterocycles. The van der Waals surface area contributed by atoms with Gasteiger partial charge in [-0.15, -0.1) is 0 Å². The third kappa shape index (κ3) is 3.07. The second kappa shape index (κ2) is 6.03. The van der Waals surface area contributed by atoms with Crippen molar-refractivity contribution in [2.24, 2.45) is 0 Å². The van der Waals surface area contributed by atoms with E-state index in [2.05, 4.69) is 5.32 Å². The maximum absolute atomic E-state index is 14.0. The van der Waals surface area contributed by atoms with Crippen LogP contribution in [-0.4, -0.2) is 19.1 Å². The van der Waals surface area contributed by atoms with Gasteiger partial charge in [0.2, 0.25) is 5.91 Å². The van der Waals surface area contributed by atoms with Crippen LogP contribution in [0.3, 0.4) is 0 Å². The van der Waals surface area contributed by atoms with Gasteiger partial charge >= 0.3 is 0 Å². The van der Waals surface area contributed by atoms with Crippen molar-refractivity contribution >= 4 is 5.91 Å². The molecule has 0 spiro atoms. The summed E-state index contributed by atoms with van der Waals surface area (Å²) in [5.41, 5.74) is 1.03. The zero-order valence-corrected chi connectivity index (χ0v) is 13.3. The van der Waals surface area contributed by atoms with Gasteiger partial charge in [-0.1, -0.05) is 50.2 Å². The quantitative estimate of drug-likeness (QED) is 0.939. The Morgan fingerprint density at radius 1 is 1.22 bits per heavy atom. The Morgan fingerprint density at radius 3 is 2.70 bits per heavy atom. The molecule has 23 heavy (non-hydrogen) atoms. The van der Waals surface area contributed by atoms with E-state index in [4.69, 9.17) is 4.74 Å². The lowest BCUT2D eigenvalue weighted by Gasteiger charge is -2.26. The highest BCUT2D eigenvalue weighted by atomic mass is 19.1. The van der Waals surface area contributed by atoms with Crippen LogP contribution >= 0.6 is 0 Å². The molecule has 3 rings (SSSR count). The molecule has 1 amide bonds. The summed E-state index contributed by atoms with van der Waals surface area (Å²) in [5.74, 6) is 0.129. The summed E-state index contributed by atoms with van der Waals surface area (Å²) in [4.78, 5) is 12.5. The number of amides is 1. The van der Waals surface area contributed by atoms with Crippen LogP contribution in [-0.2, 0) is 10.2 Å². The van der Waals surface area contributed by atoms with Gasteiger partial charge in [0.1, 0.15) is 24.1 Å². The first kappa shape index (κ1) is 15.5. The number of rotatable bonds is 4. The first-order chi connectivity index (χ1) is 11.0. The van der Waals surface area contributed by atoms with E-state index in [0.717, 1.165) is 11.3 Å². The maximum atomic E-state index is 14.0. The summed E-state index contributed by atoms with van der Waals surface area (Å²) in [6, 6.07) is 14.2. The standard InChI is InChI=1S/C19H20FNO2/c1-19(2,15-8-4-5-9-16(15)20)12-21-18(22)14-11-23-17-10-6-3-7-13(14)17/h3-10,14H,11-12H2,1-2H3,(H,21,22). The van der Waals surface area contributed by atoms with Crippen molar-refractivity contribution in [2.45, 2.75) is 25.2 Å². The first-order valence-corrected chi connectivity index (χ1v) is 7.73. The number of fused-ring (bicyclic) bond motifs is 1. The van der Waals surface area contributed by atoms with Gasteiger partial charge in [-0.2, -0.15) is 0 Å². The zero-order valence-electron chi connectivity index (χ0n) is 13.3. The molecule has 2 aromatic rings. The molecule has 1 heterocycles. The fraction of sp³-hybridized carbons (Fsp3) is 0.316. The van der Waals surface area contributed by atoms with Crippen LogP contribution in [0.1, 0.15) is 30.9 Å². The third-order valence-corrected chi connectivity index (χ3v) is 4.32. The minimum absolute atomic E-state index is 0.0839. The minimum Gasteiger partial charge on any atom is -0.492 e. The number of para-hydroxylation sites is 1. The van der Waals surface area contributed by atoms with Gasteiger partial charge < -0.3 is 10.1 Å². The summed E-state index contributed by atoms with van der Waals surface area (Å²) in [5, 5.41) is 2.95. The first-order valence-electron chi connectivity index (χ1n) is 7.73. The van der Waals surface area contributed by atoms with E-state index in [1.807, 2.05) is 44.2 Å². The van der Waals surface area contributed by atoms with Gasteiger partial charge in [0.05, 0.1) is 0 Å². The molecule has 0 aliphatic carbocycles. The number of carbonyl (C=O) groups is 1. The maximum Gasteiger partial charge on any atom is 0.231 e. The van der Waals surface area contributed by atoms with Gasteiger partial charge in [0.25, 0.3) is 0 Å². The number of halogens is 1. The third-order valence-electron chi connectivity index (χ3n) is 4.32. The van der Waals surface area contributed by atoms with Crippen LogP contribution in [0.2, 0.25) is 0 Å². The fourth-order valence-corrected chi connectivity index (χ4v) is 2.92. The number of hydrogen-bond acceptors (Lipinski definition) is 2. The van der Waals surface area contributed by atoms with Crippen LogP contribution in [0.4, 0.5) is 4.39 Å². The molecule has 3 nitrogen and oxygen atoms in total. The van der Waals surface area contributed by atoms with E-state index in [1.165, 1.54) is 6.07 Å². The van der Waals surface area contributed by atoms with Crippen molar-refractivity contribution in [3.05, 3.63) is 65.5 Å². The highest BCUT2D eigenvalue weighted by Crippen LogP contribution is 2.33. The van der Waals surface area contributed by atoms with Crippen LogP contribution < -0.4 is 10.1 Å². The molecule has 0 radical (unpaired) electrons. The average Bonchev–Trinajstić information content (AvgIpc) is 2.97. The molecule has 0 fully saturated rings. The normalized spacial score (nSPS) is 16.6. The molecule has 1 atom stereocenters. The van der Waals surface area contributed by atoms with Gasteiger partial charge in [0.15, 0.2) is 0 Å². The molecule has 0 saturated carbocycles. The molecular formula is C19H20FNO2. The lowest BCUT2D eigenvalue weighted by atomic mass is 9.84. The molecule has 1 unspecified atom stereocenters. The summed E-state index contributed by atoms with van der Waals surface area (Å²) in [6.45, 7) is 4.56. The average molecular weight is 313 g/mol. The molecule has 0 bridgehead atoms. The second-order valence-corrected chi connectivity index (χ2v) is 6.48. The molecule has 1 N–H and O–H groups in total. The minimum atomic E-state index is -0.486. The summed E-state index contributed by atoms with van der Waals surface area (Å²) in [7, 11) is 0. The Labute approximate surface area is 135 Å². The van der Waals surface area contributed by atoms with Crippen molar-refractivity contribution in [3.8, 4) is 5.75 Å². The molecule has 4 heteroatoms. The Morgan fingerprint density at radius 2 is 1.91 bits per heavy atom. The van der Waals surface area contributed by atoms with Crippen LogP contribution in [0.25, 0.3) is 0 Å². The summed E-state index contributed by atoms with van der Waals surface area (Å²) in [6.07, 6.45) is 0. The number of hydrogen-bond donors (Lipinski definition) is 1. The molecular weight excluding hydrogens is 293 g/mol. The van der Waals surface area contributed by atoms with Gasteiger partial charge in [-0.05, 0) is 17.7 Å². The predicted octanol–water partition coefficient (Wildman–Crippen LogP) is 3.40. The Kier molecular flexibility index (Phi) is 4.07. The number of ether oxygens (including phenoxy) is 1. The number of carbonyl (C=O) groups excluding carboxylic acids is 1. The second-order valence-electron chi connectivity index (χ2n) is 6.48. The lowest BCUT2D eigenvalue weighted by Crippen LogP contribution is -2.39. The molecule has 2 aromatic carbocycles. The van der Waals surface area contributed by atoms with Gasteiger partial charge in [-0.25, -0.2) is 4.39 Å². The van der Waals surface area contributed by atoms with E-state index >= 15 is 0 Å². The largest absolute Gasteiger partial charge is 0.492 e. The molecule has 1 aliphatic heterocycles. The van der Waals surface area contributed by atoms with E-state index in [-0.39, 0.29) is 17.6 Å². The highest BCUT2D eigenvalue weighted by Gasteiger charge is 2.31. The van der Waals surface area contributed by atoms with Crippen LogP contribution in [0, 0.1) is 5.82 Å². The van der Waals surface area contributed by atoms with E-state index in [0.29, 0.717) is 18.7 Å². The predicted molar refractivity (Wildman–Crippen MR) is 87.1 cm³/mol. The van der Waals surface area contributed by atoms with Crippen molar-refractivity contribution < 1.29 is 13.9 Å². The van der Waals surface area contributed by atoms with E-state index in [9.17, 15) is 9.18 Å². The molecule has 1 aliphatic rings. The number of benzene rings is 2. The summed E-state index contributed by atoms with van der Waals surface area (Å²) >= 11 is 0. The fourth-order valence-electron chi connectivity index (χ4n) is 2.92. The molecule has 120 valence electrons. The van der Waals surface area contributed by atoms with Crippen LogP contribution in [0.5, 0.6) is 5.75 Å². The van der Waals surface area contributed by atoms with Gasteiger partial charge in [-0.3, -0.25) is 4.79 Å². The van der Waals surface area contributed by atoms with E-state index in [1.54, 1.807) is 12.1 Å². The Balaban J connectivity index is 1.69. The van der Waals surface area contributed by atoms with Crippen molar-refractivity contribution in [3.63, 3.8) is 0 Å². The topological polar surface area (TPSA) is 38.3 Å². The smallest absolute Gasteiger partial charge is 0.231 e. The highest BCUT2D eigenvalue weighted by molar-refractivity contribution is 5.85. The SMILES string of the molecule is CC(C)(CNC(=O)C1COc2ccccc21)c1ccccc1F. The Bertz CT molecular complexity index is 727. The molecule has 0 saturated heterocycles. The monoisotopic (exact) mass is 313 g/mol. The lowest BCUT2D eigenvalue weighted by molar-refractivity contribution is -0.123. The van der Waals surface area contributed by atoms with Crippen LogP contribution in [0.15, 0.2) is 48.5 Å². The van der Waals surface area contributed by atoms with Crippen molar-refractivity contribution in [1.29, 1.82) is 0 Å². The van der Waals surface area contributed by atoms with Crippen molar-refractivity contribution in [2.75, 3.05) is 13.2 Å². The zero-order chi connectivity index (χ0) is 16.4. The van der Waals surface area contributed by atoms with Gasteiger partial charge in [0, 0.05) is 17.5 Å². The summed E-state index contributed by atoms with van der Waals surface area (Å²) < 4.78 is 19.5. The Hall–Kier alpha value is -2.36. The number of nitrogens with one attached hydrogen (secondary N) is 1. The van der Waals surface area contributed by atoms with Crippen molar-refractivity contribution in [1.82, 2.24) is 5.32 Å². The van der Waals surface area contributed by atoms with E-state index < -0.39 is 5.41 Å².